The minimum Gasteiger partial charge on any atom is -0.454 e. The number of aryl methyl sites for hydroxylation is 1. The Hall–Kier alpha value is -1.29. The van der Waals surface area contributed by atoms with Crippen molar-refractivity contribution in [3.05, 3.63) is 40.6 Å². The van der Waals surface area contributed by atoms with Crippen molar-refractivity contribution in [3.8, 4) is 11.5 Å². The highest BCUT2D eigenvalue weighted by atomic mass is 79.9. The highest BCUT2D eigenvalue weighted by Gasteiger charge is 2.02. The van der Waals surface area contributed by atoms with Gasteiger partial charge in [0.25, 0.3) is 0 Å². The number of aromatic nitrogens is 2. The predicted octanol–water partition coefficient (Wildman–Crippen LogP) is 3.27. The summed E-state index contributed by atoms with van der Waals surface area (Å²) in [6, 6.07) is 7.69. The second kappa shape index (κ2) is 3.84. The summed E-state index contributed by atoms with van der Waals surface area (Å²) in [7, 11) is 0. The van der Waals surface area contributed by atoms with Crippen LogP contribution in [0.4, 0.5) is 0 Å². The molecule has 0 spiro atoms. The molecule has 0 unspecified atom stereocenters. The number of H-pyrrole nitrogens is 1. The molecule has 0 radical (unpaired) electrons. The molecule has 2 aromatic rings. The maximum Gasteiger partial charge on any atom is 0.167 e. The summed E-state index contributed by atoms with van der Waals surface area (Å²) in [6.07, 6.45) is 1.66. The standard InChI is InChI=1S/C10H9BrN2O/c1-7-10(6-12-13-7)14-9-4-2-3-8(11)5-9/h2-6H,1H3,(H,12,13). The molecule has 14 heavy (non-hydrogen) atoms. The van der Waals surface area contributed by atoms with Gasteiger partial charge in [-0.3, -0.25) is 5.10 Å². The molecule has 0 bridgehead atoms. The summed E-state index contributed by atoms with van der Waals surface area (Å²) < 4.78 is 6.60. The van der Waals surface area contributed by atoms with Crippen LogP contribution in [0.2, 0.25) is 0 Å². The third-order valence-corrected chi connectivity index (χ3v) is 2.30. The van der Waals surface area contributed by atoms with E-state index in [9.17, 15) is 0 Å². The summed E-state index contributed by atoms with van der Waals surface area (Å²) in [5.41, 5.74) is 0.921. The van der Waals surface area contributed by atoms with Crippen molar-refractivity contribution >= 4 is 15.9 Å². The van der Waals surface area contributed by atoms with Gasteiger partial charge in [-0.1, -0.05) is 22.0 Å². The van der Waals surface area contributed by atoms with Gasteiger partial charge in [-0.05, 0) is 25.1 Å². The minimum absolute atomic E-state index is 0.753. The van der Waals surface area contributed by atoms with Gasteiger partial charge in [0, 0.05) is 4.47 Å². The molecular formula is C10H9BrN2O. The molecule has 1 N–H and O–H groups in total. The normalized spacial score (nSPS) is 10.1. The van der Waals surface area contributed by atoms with E-state index in [1.807, 2.05) is 31.2 Å². The van der Waals surface area contributed by atoms with E-state index in [0.717, 1.165) is 21.7 Å². The van der Waals surface area contributed by atoms with E-state index in [-0.39, 0.29) is 0 Å². The van der Waals surface area contributed by atoms with E-state index in [4.69, 9.17) is 4.74 Å². The average Bonchev–Trinajstić information content (AvgIpc) is 2.52. The van der Waals surface area contributed by atoms with Crippen molar-refractivity contribution in [1.29, 1.82) is 0 Å². The minimum atomic E-state index is 0.753. The van der Waals surface area contributed by atoms with Gasteiger partial charge in [0.1, 0.15) is 5.75 Å². The quantitative estimate of drug-likeness (QED) is 0.891. The molecule has 0 atom stereocenters. The molecule has 2 rings (SSSR count). The monoisotopic (exact) mass is 252 g/mol. The van der Waals surface area contributed by atoms with Crippen LogP contribution in [0.5, 0.6) is 11.5 Å². The van der Waals surface area contributed by atoms with Gasteiger partial charge in [-0.2, -0.15) is 5.10 Å². The van der Waals surface area contributed by atoms with Crippen molar-refractivity contribution in [2.24, 2.45) is 0 Å². The zero-order chi connectivity index (χ0) is 9.97. The van der Waals surface area contributed by atoms with Crippen LogP contribution in [0.15, 0.2) is 34.9 Å². The lowest BCUT2D eigenvalue weighted by molar-refractivity contribution is 0.479. The first-order chi connectivity index (χ1) is 6.75. The van der Waals surface area contributed by atoms with Gasteiger partial charge in [-0.15, -0.1) is 0 Å². The molecule has 0 aliphatic heterocycles. The van der Waals surface area contributed by atoms with E-state index in [1.165, 1.54) is 0 Å². The van der Waals surface area contributed by atoms with Gasteiger partial charge in [-0.25, -0.2) is 0 Å². The van der Waals surface area contributed by atoms with Crippen LogP contribution in [0, 0.1) is 6.92 Å². The molecule has 0 saturated heterocycles. The van der Waals surface area contributed by atoms with Crippen molar-refractivity contribution in [3.63, 3.8) is 0 Å². The number of nitrogens with zero attached hydrogens (tertiary/aromatic N) is 1. The van der Waals surface area contributed by atoms with E-state index in [1.54, 1.807) is 6.20 Å². The zero-order valence-electron chi connectivity index (χ0n) is 7.62. The van der Waals surface area contributed by atoms with Crippen LogP contribution in [-0.4, -0.2) is 10.2 Å². The lowest BCUT2D eigenvalue weighted by Gasteiger charge is -2.03. The number of rotatable bonds is 2. The number of hydrogen-bond acceptors (Lipinski definition) is 2. The van der Waals surface area contributed by atoms with Gasteiger partial charge in [0.05, 0.1) is 11.9 Å². The molecule has 1 aromatic carbocycles. The molecule has 1 heterocycles. The number of nitrogens with one attached hydrogen (secondary N) is 1. The maximum atomic E-state index is 5.61. The van der Waals surface area contributed by atoms with Crippen molar-refractivity contribution < 1.29 is 4.74 Å². The molecule has 0 fully saturated rings. The van der Waals surface area contributed by atoms with E-state index < -0.39 is 0 Å². The molecule has 0 saturated carbocycles. The molecule has 4 heteroatoms. The fraction of sp³-hybridized carbons (Fsp3) is 0.100. The lowest BCUT2D eigenvalue weighted by atomic mass is 10.3. The van der Waals surface area contributed by atoms with Crippen molar-refractivity contribution in [1.82, 2.24) is 10.2 Å². The Morgan fingerprint density at radius 2 is 2.29 bits per heavy atom. The molecular weight excluding hydrogens is 244 g/mol. The van der Waals surface area contributed by atoms with Crippen LogP contribution >= 0.6 is 15.9 Å². The first kappa shape index (κ1) is 9.27. The second-order valence-corrected chi connectivity index (χ2v) is 3.83. The van der Waals surface area contributed by atoms with Crippen LogP contribution in [0.1, 0.15) is 5.69 Å². The number of ether oxygens (including phenoxy) is 1. The SMILES string of the molecule is Cc1[nH]ncc1Oc1cccc(Br)c1. The Morgan fingerprint density at radius 3 is 2.93 bits per heavy atom. The number of aromatic amines is 1. The van der Waals surface area contributed by atoms with Gasteiger partial charge in [0.15, 0.2) is 5.75 Å². The van der Waals surface area contributed by atoms with E-state index >= 15 is 0 Å². The first-order valence-corrected chi connectivity index (χ1v) is 4.98. The molecule has 72 valence electrons. The van der Waals surface area contributed by atoms with Crippen LogP contribution < -0.4 is 4.74 Å². The Morgan fingerprint density at radius 1 is 1.43 bits per heavy atom. The Balaban J connectivity index is 2.23. The number of halogens is 1. The molecule has 0 amide bonds. The third kappa shape index (κ3) is 1.96. The lowest BCUT2D eigenvalue weighted by Crippen LogP contribution is -1.84. The van der Waals surface area contributed by atoms with Crippen LogP contribution in [0.25, 0.3) is 0 Å². The van der Waals surface area contributed by atoms with Crippen LogP contribution in [-0.2, 0) is 0 Å². The Kier molecular flexibility index (Phi) is 2.54. The average molecular weight is 253 g/mol. The molecule has 0 aliphatic rings. The maximum absolute atomic E-state index is 5.61. The second-order valence-electron chi connectivity index (χ2n) is 2.92. The summed E-state index contributed by atoms with van der Waals surface area (Å²) in [4.78, 5) is 0. The van der Waals surface area contributed by atoms with Crippen molar-refractivity contribution in [2.75, 3.05) is 0 Å². The Bertz CT molecular complexity index is 439. The first-order valence-electron chi connectivity index (χ1n) is 4.19. The molecule has 0 aliphatic carbocycles. The summed E-state index contributed by atoms with van der Waals surface area (Å²) in [5.74, 6) is 1.55. The largest absolute Gasteiger partial charge is 0.454 e. The van der Waals surface area contributed by atoms with Gasteiger partial charge >= 0.3 is 0 Å². The summed E-state index contributed by atoms with van der Waals surface area (Å²) in [6.45, 7) is 1.92. The van der Waals surface area contributed by atoms with Gasteiger partial charge < -0.3 is 4.74 Å². The topological polar surface area (TPSA) is 37.9 Å². The summed E-state index contributed by atoms with van der Waals surface area (Å²) >= 11 is 3.38. The van der Waals surface area contributed by atoms with Crippen LogP contribution in [0.3, 0.4) is 0 Å². The van der Waals surface area contributed by atoms with Gasteiger partial charge in [0.2, 0.25) is 0 Å². The van der Waals surface area contributed by atoms with E-state index in [2.05, 4.69) is 26.1 Å². The molecule has 3 nitrogen and oxygen atoms in total. The Labute approximate surface area is 90.2 Å². The fourth-order valence-corrected chi connectivity index (χ4v) is 1.48. The fourth-order valence-electron chi connectivity index (χ4n) is 1.10. The number of hydrogen-bond donors (Lipinski definition) is 1. The smallest absolute Gasteiger partial charge is 0.167 e. The predicted molar refractivity (Wildman–Crippen MR) is 57.5 cm³/mol. The molecule has 1 aromatic heterocycles. The summed E-state index contributed by atoms with van der Waals surface area (Å²) in [5, 5.41) is 6.70. The van der Waals surface area contributed by atoms with Crippen molar-refractivity contribution in [2.45, 2.75) is 6.92 Å². The number of benzene rings is 1. The highest BCUT2D eigenvalue weighted by Crippen LogP contribution is 2.25. The third-order valence-electron chi connectivity index (χ3n) is 1.81. The zero-order valence-corrected chi connectivity index (χ0v) is 9.21. The highest BCUT2D eigenvalue weighted by molar-refractivity contribution is 9.10. The van der Waals surface area contributed by atoms with E-state index in [0.29, 0.717) is 0 Å².